The molecule has 0 aromatic carbocycles. The van der Waals surface area contributed by atoms with Crippen LogP contribution in [0.15, 0.2) is 12.3 Å². The summed E-state index contributed by atoms with van der Waals surface area (Å²) in [5.41, 5.74) is -0.865. The highest BCUT2D eigenvalue weighted by Crippen LogP contribution is 2.38. The molecule has 9 heteroatoms. The van der Waals surface area contributed by atoms with E-state index < -0.39 is 17.3 Å². The third-order valence-corrected chi connectivity index (χ3v) is 4.48. The number of pyridine rings is 1. The van der Waals surface area contributed by atoms with Crippen LogP contribution in [0, 0.1) is 0 Å². The Morgan fingerprint density at radius 2 is 1.92 bits per heavy atom. The maximum Gasteiger partial charge on any atom is 0.417 e. The average molecular weight is 372 g/mol. The Bertz CT molecular complexity index is 702. The summed E-state index contributed by atoms with van der Waals surface area (Å²) in [7, 11) is 1.74. The second-order valence-electron chi connectivity index (χ2n) is 7.72. The van der Waals surface area contributed by atoms with Crippen LogP contribution in [0.25, 0.3) is 0 Å². The number of fused-ring (bicyclic) bond motifs is 3. The summed E-state index contributed by atoms with van der Waals surface area (Å²) in [4.78, 5) is 21.8. The molecule has 1 amide bonds. The molecule has 26 heavy (non-hydrogen) atoms. The highest BCUT2D eigenvalue weighted by molar-refractivity contribution is 5.73. The van der Waals surface area contributed by atoms with Crippen LogP contribution in [-0.2, 0) is 10.9 Å². The molecule has 1 saturated heterocycles. The first-order valence-corrected chi connectivity index (χ1v) is 8.48. The first-order valence-electron chi connectivity index (χ1n) is 8.48. The third-order valence-electron chi connectivity index (χ3n) is 4.48. The Hall–Kier alpha value is -2.19. The summed E-state index contributed by atoms with van der Waals surface area (Å²) in [5, 5.41) is 0. The van der Waals surface area contributed by atoms with E-state index in [2.05, 4.69) is 4.98 Å². The number of rotatable bonds is 0. The zero-order valence-corrected chi connectivity index (χ0v) is 15.3. The highest BCUT2D eigenvalue weighted by Gasteiger charge is 2.39. The van der Waals surface area contributed by atoms with Crippen LogP contribution in [0.1, 0.15) is 26.3 Å². The first kappa shape index (κ1) is 18.6. The molecule has 0 radical (unpaired) electrons. The van der Waals surface area contributed by atoms with Gasteiger partial charge >= 0.3 is 12.3 Å². The molecule has 0 saturated carbocycles. The summed E-state index contributed by atoms with van der Waals surface area (Å²) < 4.78 is 44.3. The van der Waals surface area contributed by atoms with Crippen LogP contribution >= 0.6 is 0 Å². The molecular formula is C17H23F3N4O2. The van der Waals surface area contributed by atoms with Crippen LogP contribution in [0.2, 0.25) is 0 Å². The van der Waals surface area contributed by atoms with E-state index in [4.69, 9.17) is 4.74 Å². The van der Waals surface area contributed by atoms with E-state index in [0.717, 1.165) is 12.3 Å². The Labute approximate surface area is 150 Å². The zero-order valence-electron chi connectivity index (χ0n) is 15.3. The van der Waals surface area contributed by atoms with Crippen molar-refractivity contribution >= 4 is 17.6 Å². The molecular weight excluding hydrogens is 349 g/mol. The van der Waals surface area contributed by atoms with Crippen molar-refractivity contribution in [2.75, 3.05) is 43.0 Å². The van der Waals surface area contributed by atoms with Gasteiger partial charge in [0.25, 0.3) is 0 Å². The number of piperazine rings is 1. The fourth-order valence-electron chi connectivity index (χ4n) is 3.30. The molecule has 0 spiro atoms. The number of likely N-dealkylation sites (N-methyl/N-ethyl adjacent to an activating group) is 1. The Morgan fingerprint density at radius 3 is 2.54 bits per heavy atom. The van der Waals surface area contributed by atoms with Gasteiger partial charge < -0.3 is 19.4 Å². The van der Waals surface area contributed by atoms with E-state index in [1.54, 1.807) is 16.8 Å². The van der Waals surface area contributed by atoms with Gasteiger partial charge in [0.2, 0.25) is 0 Å². The van der Waals surface area contributed by atoms with Gasteiger partial charge in [0.05, 0.1) is 17.3 Å². The number of hydrogen-bond acceptors (Lipinski definition) is 5. The lowest BCUT2D eigenvalue weighted by atomic mass is 10.1. The van der Waals surface area contributed by atoms with Gasteiger partial charge in [-0.1, -0.05) is 0 Å². The minimum Gasteiger partial charge on any atom is -0.444 e. The molecule has 2 aliphatic heterocycles. The van der Waals surface area contributed by atoms with Gasteiger partial charge in [0, 0.05) is 39.4 Å². The Balaban J connectivity index is 1.80. The van der Waals surface area contributed by atoms with Gasteiger partial charge in [-0.3, -0.25) is 0 Å². The fraction of sp³-hybridized carbons (Fsp3) is 0.647. The maximum absolute atomic E-state index is 13.0. The molecule has 3 heterocycles. The van der Waals surface area contributed by atoms with Gasteiger partial charge in [-0.15, -0.1) is 0 Å². The van der Waals surface area contributed by atoms with Crippen molar-refractivity contribution in [3.05, 3.63) is 17.8 Å². The molecule has 1 aromatic rings. The Kier molecular flexibility index (Phi) is 4.44. The van der Waals surface area contributed by atoms with Crippen molar-refractivity contribution < 1.29 is 22.7 Å². The van der Waals surface area contributed by atoms with Gasteiger partial charge in [-0.2, -0.15) is 13.2 Å². The number of alkyl halides is 3. The minimum atomic E-state index is -4.42. The predicted molar refractivity (Wildman–Crippen MR) is 91.5 cm³/mol. The Morgan fingerprint density at radius 1 is 1.23 bits per heavy atom. The zero-order chi connectivity index (χ0) is 19.3. The SMILES string of the molecule is CN1C[C@@H]2CN(C(=O)OC(C)(C)C)CCN2c2ncc(C(F)(F)F)cc21. The summed E-state index contributed by atoms with van der Waals surface area (Å²) in [6.45, 7) is 7.34. The maximum atomic E-state index is 13.0. The standard InChI is InChI=1S/C17H23F3N4O2/c1-16(2,3)26-15(25)23-5-6-24-12(10-23)9-22(4)13-7-11(17(18,19)20)8-21-14(13)24/h7-8,12H,5-6,9-10H2,1-4H3/t12-/m1/s1. The molecule has 6 nitrogen and oxygen atoms in total. The van der Waals surface area contributed by atoms with Crippen molar-refractivity contribution in [1.29, 1.82) is 0 Å². The molecule has 1 aromatic heterocycles. The number of ether oxygens (including phenoxy) is 1. The minimum absolute atomic E-state index is 0.0435. The predicted octanol–water partition coefficient (Wildman–Crippen LogP) is 2.98. The lowest BCUT2D eigenvalue weighted by molar-refractivity contribution is -0.137. The molecule has 0 unspecified atom stereocenters. The number of carbonyl (C=O) groups excluding carboxylic acids is 1. The molecule has 1 atom stereocenters. The van der Waals surface area contributed by atoms with Crippen LogP contribution in [0.4, 0.5) is 29.5 Å². The number of hydrogen-bond donors (Lipinski definition) is 0. The van der Waals surface area contributed by atoms with Crippen molar-refractivity contribution in [3.8, 4) is 0 Å². The number of amides is 1. The van der Waals surface area contributed by atoms with E-state index in [1.165, 1.54) is 0 Å². The van der Waals surface area contributed by atoms with E-state index >= 15 is 0 Å². The van der Waals surface area contributed by atoms with Gasteiger partial charge in [-0.05, 0) is 26.8 Å². The molecule has 0 N–H and O–H groups in total. The molecule has 0 bridgehead atoms. The normalized spacial score (nSPS) is 20.6. The number of anilines is 2. The summed E-state index contributed by atoms with van der Waals surface area (Å²) >= 11 is 0. The second kappa shape index (κ2) is 6.21. The van der Waals surface area contributed by atoms with E-state index in [0.29, 0.717) is 37.7 Å². The van der Waals surface area contributed by atoms with Crippen molar-refractivity contribution in [2.24, 2.45) is 0 Å². The monoisotopic (exact) mass is 372 g/mol. The average Bonchev–Trinajstić information content (AvgIpc) is 2.51. The quantitative estimate of drug-likeness (QED) is 0.701. The van der Waals surface area contributed by atoms with Crippen LogP contribution < -0.4 is 9.80 Å². The highest BCUT2D eigenvalue weighted by atomic mass is 19.4. The molecule has 3 rings (SSSR count). The van der Waals surface area contributed by atoms with Crippen molar-refractivity contribution in [1.82, 2.24) is 9.88 Å². The first-order chi connectivity index (χ1) is 12.0. The molecule has 144 valence electrons. The molecule has 0 aliphatic carbocycles. The number of aromatic nitrogens is 1. The second-order valence-corrected chi connectivity index (χ2v) is 7.72. The number of halogens is 3. The topological polar surface area (TPSA) is 48.9 Å². The van der Waals surface area contributed by atoms with Crippen LogP contribution in [-0.4, -0.2) is 60.8 Å². The van der Waals surface area contributed by atoms with Crippen molar-refractivity contribution in [3.63, 3.8) is 0 Å². The van der Waals surface area contributed by atoms with Crippen LogP contribution in [0.5, 0.6) is 0 Å². The smallest absolute Gasteiger partial charge is 0.417 e. The van der Waals surface area contributed by atoms with E-state index in [1.807, 2.05) is 25.7 Å². The van der Waals surface area contributed by atoms with Crippen molar-refractivity contribution in [2.45, 2.75) is 38.6 Å². The van der Waals surface area contributed by atoms with Crippen LogP contribution in [0.3, 0.4) is 0 Å². The summed E-state index contributed by atoms with van der Waals surface area (Å²) in [5.74, 6) is 0.528. The summed E-state index contributed by atoms with van der Waals surface area (Å²) in [6.07, 6.45) is -3.92. The number of nitrogens with zero attached hydrogens (tertiary/aromatic N) is 4. The van der Waals surface area contributed by atoms with Gasteiger partial charge in [-0.25, -0.2) is 9.78 Å². The van der Waals surface area contributed by atoms with Gasteiger partial charge in [0.1, 0.15) is 5.60 Å². The summed E-state index contributed by atoms with van der Waals surface area (Å²) in [6, 6.07) is 1.09. The lowest BCUT2D eigenvalue weighted by Gasteiger charge is -2.47. The molecule has 1 fully saturated rings. The lowest BCUT2D eigenvalue weighted by Crippen LogP contribution is -2.61. The largest absolute Gasteiger partial charge is 0.444 e. The van der Waals surface area contributed by atoms with E-state index in [-0.39, 0.29) is 12.1 Å². The fourth-order valence-corrected chi connectivity index (χ4v) is 3.30. The number of carbonyl (C=O) groups is 1. The third kappa shape index (κ3) is 3.66. The van der Waals surface area contributed by atoms with Gasteiger partial charge in [0.15, 0.2) is 5.82 Å². The molecule has 2 aliphatic rings. The van der Waals surface area contributed by atoms with E-state index in [9.17, 15) is 18.0 Å².